The Hall–Kier alpha value is -2.44. The highest BCUT2D eigenvalue weighted by atomic mass is 16.5. The highest BCUT2D eigenvalue weighted by Crippen LogP contribution is 2.37. The van der Waals surface area contributed by atoms with Crippen molar-refractivity contribution < 1.29 is 4.74 Å². The maximum Gasteiger partial charge on any atom is 0.143 e. The Bertz CT molecular complexity index is 992. The van der Waals surface area contributed by atoms with E-state index in [4.69, 9.17) is 4.74 Å². The molecule has 3 aromatic rings. The number of nitrogens with one attached hydrogen (secondary N) is 2. The summed E-state index contributed by atoms with van der Waals surface area (Å²) in [6.07, 6.45) is 3.91. The highest BCUT2D eigenvalue weighted by Gasteiger charge is 2.35. The molecule has 0 spiro atoms. The van der Waals surface area contributed by atoms with Gasteiger partial charge in [-0.15, -0.1) is 0 Å². The monoisotopic (exact) mass is 377 g/mol. The van der Waals surface area contributed by atoms with Crippen LogP contribution in [0.1, 0.15) is 34.8 Å². The predicted octanol–water partition coefficient (Wildman–Crippen LogP) is 3.37. The van der Waals surface area contributed by atoms with E-state index in [1.54, 1.807) is 6.33 Å². The lowest BCUT2D eigenvalue weighted by molar-refractivity contribution is 0.00895. The van der Waals surface area contributed by atoms with Crippen molar-refractivity contribution in [1.29, 1.82) is 0 Å². The van der Waals surface area contributed by atoms with Gasteiger partial charge in [-0.2, -0.15) is 0 Å². The minimum absolute atomic E-state index is 0.204. The van der Waals surface area contributed by atoms with Crippen LogP contribution in [0.2, 0.25) is 0 Å². The van der Waals surface area contributed by atoms with Gasteiger partial charge in [0.25, 0.3) is 0 Å². The van der Waals surface area contributed by atoms with Crippen LogP contribution in [0.5, 0.6) is 0 Å². The van der Waals surface area contributed by atoms with E-state index in [1.165, 1.54) is 16.7 Å². The number of aromatic amines is 1. The third-order valence-electron chi connectivity index (χ3n) is 6.09. The lowest BCUT2D eigenvalue weighted by Gasteiger charge is -2.43. The van der Waals surface area contributed by atoms with Crippen LogP contribution in [0.4, 0.5) is 5.82 Å². The smallest absolute Gasteiger partial charge is 0.143 e. The maximum absolute atomic E-state index is 5.60. The van der Waals surface area contributed by atoms with Crippen molar-refractivity contribution >= 4 is 16.9 Å². The largest absolute Gasteiger partial charge is 0.379 e. The molecule has 1 saturated heterocycles. The summed E-state index contributed by atoms with van der Waals surface area (Å²) in [5.41, 5.74) is 6.17. The van der Waals surface area contributed by atoms with Crippen LogP contribution in [0.15, 0.2) is 30.6 Å². The lowest BCUT2D eigenvalue weighted by atomic mass is 9.82. The number of hydrogen-bond donors (Lipinski definition) is 2. The van der Waals surface area contributed by atoms with E-state index in [1.807, 2.05) is 0 Å². The van der Waals surface area contributed by atoms with Gasteiger partial charge in [0.2, 0.25) is 0 Å². The van der Waals surface area contributed by atoms with Gasteiger partial charge in [-0.1, -0.05) is 23.8 Å². The second-order valence-corrected chi connectivity index (χ2v) is 8.02. The van der Waals surface area contributed by atoms with Crippen molar-refractivity contribution in [3.63, 3.8) is 0 Å². The van der Waals surface area contributed by atoms with Crippen molar-refractivity contribution in [3.8, 4) is 0 Å². The molecule has 1 aliphatic heterocycles. The zero-order valence-electron chi connectivity index (χ0n) is 16.5. The number of fused-ring (bicyclic) bond motifs is 2. The molecule has 28 heavy (non-hydrogen) atoms. The molecule has 2 atom stereocenters. The van der Waals surface area contributed by atoms with Crippen LogP contribution in [-0.2, 0) is 11.2 Å². The van der Waals surface area contributed by atoms with Crippen LogP contribution in [0.25, 0.3) is 11.0 Å². The Kier molecular flexibility index (Phi) is 4.53. The fourth-order valence-electron chi connectivity index (χ4n) is 4.74. The summed E-state index contributed by atoms with van der Waals surface area (Å²) >= 11 is 0. The van der Waals surface area contributed by atoms with E-state index < -0.39 is 0 Å². The summed E-state index contributed by atoms with van der Waals surface area (Å²) < 4.78 is 5.60. The molecule has 1 aliphatic carbocycles. The molecule has 0 amide bonds. The number of H-pyrrole nitrogens is 1. The minimum Gasteiger partial charge on any atom is -0.379 e. The van der Waals surface area contributed by atoms with Gasteiger partial charge in [0, 0.05) is 24.8 Å². The molecule has 1 fully saturated rings. The third kappa shape index (κ3) is 3.16. The molecule has 6 heteroatoms. The first kappa shape index (κ1) is 17.6. The Morgan fingerprint density at radius 3 is 2.86 bits per heavy atom. The second kappa shape index (κ2) is 7.18. The van der Waals surface area contributed by atoms with Crippen LogP contribution in [-0.4, -0.2) is 52.2 Å². The number of aromatic nitrogens is 3. The number of aryl methyl sites for hydroxylation is 3. The number of morpholine rings is 1. The van der Waals surface area contributed by atoms with Gasteiger partial charge in [-0.05, 0) is 43.9 Å². The number of benzene rings is 1. The van der Waals surface area contributed by atoms with Crippen molar-refractivity contribution in [2.24, 2.45) is 0 Å². The van der Waals surface area contributed by atoms with E-state index >= 15 is 0 Å². The van der Waals surface area contributed by atoms with Gasteiger partial charge in [-0.3, -0.25) is 4.90 Å². The maximum atomic E-state index is 5.60. The van der Waals surface area contributed by atoms with Gasteiger partial charge < -0.3 is 15.0 Å². The zero-order valence-corrected chi connectivity index (χ0v) is 16.5. The zero-order chi connectivity index (χ0) is 19.1. The van der Waals surface area contributed by atoms with Crippen LogP contribution in [0.3, 0.4) is 0 Å². The van der Waals surface area contributed by atoms with E-state index in [0.29, 0.717) is 6.04 Å². The van der Waals surface area contributed by atoms with Crippen molar-refractivity contribution in [1.82, 2.24) is 19.9 Å². The van der Waals surface area contributed by atoms with Crippen molar-refractivity contribution in [2.75, 3.05) is 31.6 Å². The number of ether oxygens (including phenoxy) is 1. The van der Waals surface area contributed by atoms with Crippen molar-refractivity contribution in [3.05, 3.63) is 53.0 Å². The molecule has 5 rings (SSSR count). The molecule has 2 aromatic heterocycles. The normalized spacial score (nSPS) is 22.9. The number of anilines is 1. The molecule has 3 heterocycles. The summed E-state index contributed by atoms with van der Waals surface area (Å²) in [5, 5.41) is 4.86. The molecule has 2 unspecified atom stereocenters. The van der Waals surface area contributed by atoms with Gasteiger partial charge >= 0.3 is 0 Å². The summed E-state index contributed by atoms with van der Waals surface area (Å²) in [6, 6.07) is 9.64. The molecule has 1 aromatic carbocycles. The first-order valence-electron chi connectivity index (χ1n) is 10.2. The predicted molar refractivity (Wildman–Crippen MR) is 111 cm³/mol. The molecule has 0 bridgehead atoms. The van der Waals surface area contributed by atoms with Crippen LogP contribution in [0, 0.1) is 13.8 Å². The Morgan fingerprint density at radius 2 is 2.00 bits per heavy atom. The van der Waals surface area contributed by atoms with Crippen molar-refractivity contribution in [2.45, 2.75) is 38.8 Å². The van der Waals surface area contributed by atoms with Gasteiger partial charge in [0.15, 0.2) is 0 Å². The lowest BCUT2D eigenvalue weighted by Crippen LogP contribution is -2.49. The molecule has 6 nitrogen and oxygen atoms in total. The molecule has 2 N–H and O–H groups in total. The summed E-state index contributed by atoms with van der Waals surface area (Å²) in [6.45, 7) is 7.85. The standard InChI is InChI=1S/C22H27N5O/c1-14-3-5-17-16(11-14)4-6-19(27-7-9-28-10-8-27)20(17)26-22-18-12-15(2)25-21(18)23-13-24-22/h3,5,11-13,19-20H,4,6-10H2,1-2H3,(H2,23,24,25,26). The summed E-state index contributed by atoms with van der Waals surface area (Å²) in [5.74, 6) is 0.908. The van der Waals surface area contributed by atoms with Gasteiger partial charge in [0.1, 0.15) is 17.8 Å². The topological polar surface area (TPSA) is 66.1 Å². The molecular weight excluding hydrogens is 350 g/mol. The average Bonchev–Trinajstić information content (AvgIpc) is 3.10. The van der Waals surface area contributed by atoms with E-state index in [0.717, 1.165) is 61.7 Å². The van der Waals surface area contributed by atoms with E-state index in [2.05, 4.69) is 63.3 Å². The molecule has 0 saturated carbocycles. The fourth-order valence-corrected chi connectivity index (χ4v) is 4.74. The average molecular weight is 377 g/mol. The summed E-state index contributed by atoms with van der Waals surface area (Å²) in [7, 11) is 0. The van der Waals surface area contributed by atoms with Gasteiger partial charge in [0.05, 0.1) is 24.6 Å². The number of hydrogen-bond acceptors (Lipinski definition) is 5. The Morgan fingerprint density at radius 1 is 1.14 bits per heavy atom. The Labute approximate surface area is 165 Å². The van der Waals surface area contributed by atoms with Gasteiger partial charge in [-0.25, -0.2) is 9.97 Å². The minimum atomic E-state index is 0.204. The quantitative estimate of drug-likeness (QED) is 0.733. The van der Waals surface area contributed by atoms with E-state index in [-0.39, 0.29) is 6.04 Å². The Balaban J connectivity index is 1.55. The highest BCUT2D eigenvalue weighted by molar-refractivity contribution is 5.87. The first-order chi connectivity index (χ1) is 13.7. The second-order valence-electron chi connectivity index (χ2n) is 8.02. The summed E-state index contributed by atoms with van der Waals surface area (Å²) in [4.78, 5) is 14.9. The van der Waals surface area contributed by atoms with E-state index in [9.17, 15) is 0 Å². The molecular formula is C22H27N5O. The molecule has 146 valence electrons. The number of rotatable bonds is 3. The third-order valence-corrected chi connectivity index (χ3v) is 6.09. The van der Waals surface area contributed by atoms with Crippen LogP contribution < -0.4 is 5.32 Å². The molecule has 2 aliphatic rings. The molecule has 0 radical (unpaired) electrons. The number of nitrogens with zero attached hydrogens (tertiary/aromatic N) is 3. The fraction of sp³-hybridized carbons (Fsp3) is 0.455. The first-order valence-corrected chi connectivity index (χ1v) is 10.2. The van der Waals surface area contributed by atoms with Crippen LogP contribution >= 0.6 is 0 Å². The SMILES string of the molecule is Cc1ccc2c(c1)CCC(N1CCOCC1)C2Nc1ncnc2[nH]c(C)cc12.